The Kier molecular flexibility index (Phi) is 6.97. The zero-order chi connectivity index (χ0) is 25.1. The number of amides is 1. The lowest BCUT2D eigenvalue weighted by atomic mass is 10.0. The van der Waals surface area contributed by atoms with Gasteiger partial charge in [-0.05, 0) is 89.1 Å². The summed E-state index contributed by atoms with van der Waals surface area (Å²) in [5.41, 5.74) is 0.333. The predicted molar refractivity (Wildman–Crippen MR) is 132 cm³/mol. The van der Waals surface area contributed by atoms with Gasteiger partial charge in [0.05, 0.1) is 11.1 Å². The first kappa shape index (κ1) is 24.2. The molecule has 0 atom stereocenters. The lowest BCUT2D eigenvalue weighted by Crippen LogP contribution is -2.29. The van der Waals surface area contributed by atoms with Gasteiger partial charge in [0, 0.05) is 23.1 Å². The molecular weight excluding hydrogens is 522 g/mol. The number of rotatable bonds is 6. The quantitative estimate of drug-likeness (QED) is 0.319. The fourth-order valence-corrected chi connectivity index (χ4v) is 3.88. The molecule has 0 radical (unpaired) electrons. The second-order valence-corrected chi connectivity index (χ2v) is 8.31. The first-order valence-electron chi connectivity index (χ1n) is 10.5. The fraction of sp³-hybridized carbons (Fsp3) is 0.0769. The minimum atomic E-state index is -0.783. The van der Waals surface area contributed by atoms with Crippen molar-refractivity contribution in [3.8, 4) is 28.3 Å². The number of pyridine rings is 1. The minimum absolute atomic E-state index is 0.0253. The zero-order valence-corrected chi connectivity index (χ0v) is 20.0. The van der Waals surface area contributed by atoms with Gasteiger partial charge in [-0.1, -0.05) is 6.07 Å². The normalized spacial score (nSPS) is 10.7. The van der Waals surface area contributed by atoms with E-state index >= 15 is 0 Å². The molecule has 4 rings (SSSR count). The van der Waals surface area contributed by atoms with Crippen molar-refractivity contribution >= 4 is 27.5 Å². The molecule has 0 aliphatic rings. The van der Waals surface area contributed by atoms with Gasteiger partial charge in [-0.25, -0.2) is 8.78 Å². The van der Waals surface area contributed by atoms with E-state index in [1.54, 1.807) is 19.1 Å². The van der Waals surface area contributed by atoms with E-state index in [1.165, 1.54) is 59.3 Å². The van der Waals surface area contributed by atoms with Gasteiger partial charge in [0.15, 0.2) is 0 Å². The zero-order valence-electron chi connectivity index (χ0n) is 18.4. The molecular formula is C26H19BrF2N2O4. The molecule has 0 spiro atoms. The Morgan fingerprint density at radius 1 is 1.06 bits per heavy atom. The Morgan fingerprint density at radius 3 is 2.46 bits per heavy atom. The summed E-state index contributed by atoms with van der Waals surface area (Å²) in [6.07, 6.45) is 1.43. The molecule has 3 aromatic carbocycles. The second kappa shape index (κ2) is 10.1. The lowest BCUT2D eigenvalue weighted by Gasteiger charge is -2.14. The minimum Gasteiger partial charge on any atom is -0.507 e. The van der Waals surface area contributed by atoms with Crippen LogP contribution in [0.1, 0.15) is 17.3 Å². The van der Waals surface area contributed by atoms with Crippen LogP contribution in [0.4, 0.5) is 14.5 Å². The molecule has 1 aromatic heterocycles. The second-order valence-electron chi connectivity index (χ2n) is 7.45. The van der Waals surface area contributed by atoms with E-state index in [0.29, 0.717) is 15.7 Å². The van der Waals surface area contributed by atoms with Crippen LogP contribution < -0.4 is 15.6 Å². The Labute approximate surface area is 207 Å². The SMILES string of the molecule is CCOc1ccn(-c2ccc(F)cc2)c(=O)c1C(=O)Nc1ccc(-c2ccc(O)c(Br)c2)c(F)c1. The number of ether oxygens (including phenoxy) is 1. The van der Waals surface area contributed by atoms with Gasteiger partial charge in [0.2, 0.25) is 0 Å². The summed E-state index contributed by atoms with van der Waals surface area (Å²) in [6.45, 7) is 1.93. The monoisotopic (exact) mass is 540 g/mol. The number of nitrogens with one attached hydrogen (secondary N) is 1. The van der Waals surface area contributed by atoms with Crippen LogP contribution in [-0.2, 0) is 0 Å². The van der Waals surface area contributed by atoms with Gasteiger partial charge >= 0.3 is 0 Å². The first-order valence-corrected chi connectivity index (χ1v) is 11.3. The van der Waals surface area contributed by atoms with Crippen molar-refractivity contribution in [3.63, 3.8) is 0 Å². The molecule has 6 nitrogen and oxygen atoms in total. The number of anilines is 1. The van der Waals surface area contributed by atoms with E-state index in [1.807, 2.05) is 0 Å². The molecule has 0 fully saturated rings. The molecule has 4 aromatic rings. The summed E-state index contributed by atoms with van der Waals surface area (Å²) in [5.74, 6) is -1.76. The number of hydrogen-bond acceptors (Lipinski definition) is 4. The van der Waals surface area contributed by atoms with Crippen LogP contribution in [0.2, 0.25) is 0 Å². The summed E-state index contributed by atoms with van der Waals surface area (Å²) >= 11 is 3.20. The highest BCUT2D eigenvalue weighted by Gasteiger charge is 2.21. The standard InChI is InChI=1S/C26H19BrF2N2O4/c1-2-35-23-11-12-31(18-7-4-16(28)5-8-18)26(34)24(23)25(33)30-17-6-9-19(21(29)14-17)15-3-10-22(32)20(27)13-15/h3-14,32H,2H2,1H3,(H,30,33). The van der Waals surface area contributed by atoms with Crippen LogP contribution in [0, 0.1) is 11.6 Å². The summed E-state index contributed by atoms with van der Waals surface area (Å²) in [6, 6.07) is 15.4. The number of carbonyl (C=O) groups excluding carboxylic acids is 1. The Morgan fingerprint density at radius 2 is 1.80 bits per heavy atom. The molecule has 0 aliphatic carbocycles. The average Bonchev–Trinajstić information content (AvgIpc) is 2.82. The summed E-state index contributed by atoms with van der Waals surface area (Å²) in [7, 11) is 0. The van der Waals surface area contributed by atoms with Crippen LogP contribution in [0.3, 0.4) is 0 Å². The van der Waals surface area contributed by atoms with Crippen LogP contribution >= 0.6 is 15.9 Å². The van der Waals surface area contributed by atoms with Crippen LogP contribution in [0.5, 0.6) is 11.5 Å². The van der Waals surface area contributed by atoms with Gasteiger partial charge in [-0.15, -0.1) is 0 Å². The van der Waals surface area contributed by atoms with Crippen molar-refractivity contribution in [1.82, 2.24) is 4.57 Å². The Bertz CT molecular complexity index is 1470. The third-order valence-electron chi connectivity index (χ3n) is 5.17. The Hall–Kier alpha value is -3.98. The summed E-state index contributed by atoms with van der Waals surface area (Å²) in [4.78, 5) is 26.3. The van der Waals surface area contributed by atoms with Crippen molar-refractivity contribution in [2.24, 2.45) is 0 Å². The molecule has 0 aliphatic heterocycles. The predicted octanol–water partition coefficient (Wildman–Crippen LogP) is 5.90. The molecule has 178 valence electrons. The number of benzene rings is 3. The number of carbonyl (C=O) groups is 1. The fourth-order valence-electron chi connectivity index (χ4n) is 3.50. The lowest BCUT2D eigenvalue weighted by molar-refractivity contribution is 0.102. The molecule has 35 heavy (non-hydrogen) atoms. The molecule has 9 heteroatoms. The molecule has 1 amide bonds. The van der Waals surface area contributed by atoms with Crippen molar-refractivity contribution in [2.75, 3.05) is 11.9 Å². The third-order valence-corrected chi connectivity index (χ3v) is 5.81. The van der Waals surface area contributed by atoms with E-state index in [-0.39, 0.29) is 34.9 Å². The summed E-state index contributed by atoms with van der Waals surface area (Å²) in [5, 5.41) is 12.2. The smallest absolute Gasteiger partial charge is 0.271 e. The summed E-state index contributed by atoms with van der Waals surface area (Å²) < 4.78 is 35.3. The maximum atomic E-state index is 14.9. The largest absolute Gasteiger partial charge is 0.507 e. The number of nitrogens with zero attached hydrogens (tertiary/aromatic N) is 1. The highest BCUT2D eigenvalue weighted by Crippen LogP contribution is 2.32. The van der Waals surface area contributed by atoms with E-state index in [0.717, 1.165) is 6.07 Å². The maximum absolute atomic E-state index is 14.9. The molecule has 2 N–H and O–H groups in total. The van der Waals surface area contributed by atoms with Crippen molar-refractivity contribution < 1.29 is 23.4 Å². The molecule has 0 saturated heterocycles. The Balaban J connectivity index is 1.68. The van der Waals surface area contributed by atoms with E-state index < -0.39 is 23.1 Å². The topological polar surface area (TPSA) is 80.6 Å². The molecule has 0 bridgehead atoms. The number of aromatic hydroxyl groups is 1. The van der Waals surface area contributed by atoms with Gasteiger partial charge in [-0.2, -0.15) is 0 Å². The first-order chi connectivity index (χ1) is 16.8. The third kappa shape index (κ3) is 5.09. The molecule has 1 heterocycles. The van der Waals surface area contributed by atoms with Gasteiger partial charge in [-0.3, -0.25) is 14.2 Å². The van der Waals surface area contributed by atoms with Crippen LogP contribution in [0.15, 0.2) is 82.2 Å². The molecule has 0 unspecified atom stereocenters. The number of phenols is 1. The van der Waals surface area contributed by atoms with Gasteiger partial charge < -0.3 is 15.2 Å². The maximum Gasteiger partial charge on any atom is 0.271 e. The number of phenolic OH excluding ortho intramolecular Hbond substituents is 1. The molecule has 0 saturated carbocycles. The van der Waals surface area contributed by atoms with Crippen molar-refractivity contribution in [2.45, 2.75) is 6.92 Å². The highest BCUT2D eigenvalue weighted by molar-refractivity contribution is 9.10. The average molecular weight is 541 g/mol. The van der Waals surface area contributed by atoms with Gasteiger partial charge in [0.25, 0.3) is 11.5 Å². The van der Waals surface area contributed by atoms with Crippen molar-refractivity contribution in [3.05, 3.63) is 105 Å². The number of hydrogen-bond donors (Lipinski definition) is 2. The van der Waals surface area contributed by atoms with Gasteiger partial charge in [0.1, 0.15) is 28.7 Å². The number of halogens is 3. The van der Waals surface area contributed by atoms with Crippen LogP contribution in [0.25, 0.3) is 16.8 Å². The van der Waals surface area contributed by atoms with E-state index in [2.05, 4.69) is 21.2 Å². The van der Waals surface area contributed by atoms with Crippen LogP contribution in [-0.4, -0.2) is 22.2 Å². The highest BCUT2D eigenvalue weighted by atomic mass is 79.9. The number of aromatic nitrogens is 1. The van der Waals surface area contributed by atoms with Crippen molar-refractivity contribution in [1.29, 1.82) is 0 Å². The van der Waals surface area contributed by atoms with E-state index in [4.69, 9.17) is 4.74 Å². The van der Waals surface area contributed by atoms with E-state index in [9.17, 15) is 23.5 Å².